The summed E-state index contributed by atoms with van der Waals surface area (Å²) in [4.78, 5) is 20.3. The number of aryl methyl sites for hydroxylation is 1. The molecule has 5 nitrogen and oxygen atoms in total. The molecule has 0 unspecified atom stereocenters. The Morgan fingerprint density at radius 1 is 1.15 bits per heavy atom. The molecule has 2 aliphatic heterocycles. The van der Waals surface area contributed by atoms with Gasteiger partial charge >= 0.3 is 0 Å². The molecule has 0 atom stereocenters. The first-order valence-electron chi connectivity index (χ1n) is 9.38. The average molecular weight is 351 g/mol. The van der Waals surface area contributed by atoms with Crippen LogP contribution in [0.25, 0.3) is 11.1 Å². The van der Waals surface area contributed by atoms with Crippen LogP contribution in [0.4, 0.5) is 0 Å². The first kappa shape index (κ1) is 17.0. The van der Waals surface area contributed by atoms with E-state index in [0.717, 1.165) is 63.6 Å². The molecular weight excluding hydrogens is 326 g/mol. The Morgan fingerprint density at radius 3 is 2.81 bits per heavy atom. The second-order valence-electron chi connectivity index (χ2n) is 7.12. The maximum atomic E-state index is 11.5. The number of ether oxygens (including phenoxy) is 1. The maximum absolute atomic E-state index is 11.5. The molecule has 1 amide bonds. The van der Waals surface area contributed by atoms with Crippen LogP contribution in [0.2, 0.25) is 0 Å². The summed E-state index contributed by atoms with van der Waals surface area (Å²) in [6.45, 7) is 6.85. The van der Waals surface area contributed by atoms with Gasteiger partial charge in [0, 0.05) is 57.0 Å². The van der Waals surface area contributed by atoms with Gasteiger partial charge in [0.15, 0.2) is 0 Å². The molecule has 1 aromatic heterocycles. The van der Waals surface area contributed by atoms with Crippen molar-refractivity contribution in [3.8, 4) is 17.0 Å². The van der Waals surface area contributed by atoms with E-state index in [1.807, 2.05) is 11.1 Å². The highest BCUT2D eigenvalue weighted by molar-refractivity contribution is 5.73. The summed E-state index contributed by atoms with van der Waals surface area (Å²) in [5, 5.41) is 0. The third-order valence-corrected chi connectivity index (χ3v) is 5.24. The summed E-state index contributed by atoms with van der Waals surface area (Å²) in [6, 6.07) is 10.9. The molecule has 1 saturated heterocycles. The zero-order chi connectivity index (χ0) is 17.9. The fourth-order valence-electron chi connectivity index (χ4n) is 3.72. The van der Waals surface area contributed by atoms with Crippen molar-refractivity contribution in [3.05, 3.63) is 47.7 Å². The van der Waals surface area contributed by atoms with Gasteiger partial charge in [0.1, 0.15) is 0 Å². The summed E-state index contributed by atoms with van der Waals surface area (Å²) < 4.78 is 5.62. The average Bonchev–Trinajstić information content (AvgIpc) is 2.68. The lowest BCUT2D eigenvalue weighted by Gasteiger charge is -2.34. The van der Waals surface area contributed by atoms with Crippen molar-refractivity contribution in [2.24, 2.45) is 0 Å². The van der Waals surface area contributed by atoms with Crippen LogP contribution in [0.3, 0.4) is 0 Å². The second-order valence-corrected chi connectivity index (χ2v) is 7.12. The number of aromatic nitrogens is 1. The molecule has 2 aromatic rings. The Hall–Kier alpha value is -2.40. The van der Waals surface area contributed by atoms with Gasteiger partial charge in [-0.05, 0) is 36.1 Å². The standard InChI is InChI=1S/C21H25N3O2/c1-16(25)24-9-7-23(8-10-24)15-17-4-2-5-18(12-17)20-13-19-6-3-11-26-21(19)22-14-20/h2,4-5,12-14H,3,6-11,15H2,1H3. The van der Waals surface area contributed by atoms with Gasteiger partial charge in [-0.25, -0.2) is 4.98 Å². The minimum absolute atomic E-state index is 0.176. The van der Waals surface area contributed by atoms with Crippen LogP contribution >= 0.6 is 0 Å². The van der Waals surface area contributed by atoms with Gasteiger partial charge in [-0.2, -0.15) is 0 Å². The van der Waals surface area contributed by atoms with Crippen molar-refractivity contribution in [1.29, 1.82) is 0 Å². The van der Waals surface area contributed by atoms with Crippen LogP contribution in [0.1, 0.15) is 24.5 Å². The van der Waals surface area contributed by atoms with Crippen LogP contribution in [-0.2, 0) is 17.8 Å². The SMILES string of the molecule is CC(=O)N1CCN(Cc2cccc(-c3cnc4c(c3)CCCO4)c2)CC1. The number of hydrogen-bond acceptors (Lipinski definition) is 4. The Kier molecular flexibility index (Phi) is 4.89. The summed E-state index contributed by atoms with van der Waals surface area (Å²) in [7, 11) is 0. The van der Waals surface area contributed by atoms with E-state index >= 15 is 0 Å². The largest absolute Gasteiger partial charge is 0.477 e. The molecule has 3 heterocycles. The minimum atomic E-state index is 0.176. The zero-order valence-corrected chi connectivity index (χ0v) is 15.3. The van der Waals surface area contributed by atoms with Crippen molar-refractivity contribution >= 4 is 5.91 Å². The number of amides is 1. The van der Waals surface area contributed by atoms with Crippen LogP contribution in [0.15, 0.2) is 36.5 Å². The number of nitrogens with zero attached hydrogens (tertiary/aromatic N) is 3. The highest BCUT2D eigenvalue weighted by atomic mass is 16.5. The summed E-state index contributed by atoms with van der Waals surface area (Å²) >= 11 is 0. The highest BCUT2D eigenvalue weighted by Crippen LogP contribution is 2.28. The molecular formula is C21H25N3O2. The lowest BCUT2D eigenvalue weighted by molar-refractivity contribution is -0.130. The Morgan fingerprint density at radius 2 is 2.00 bits per heavy atom. The molecule has 0 radical (unpaired) electrons. The second kappa shape index (κ2) is 7.46. The van der Waals surface area contributed by atoms with Crippen molar-refractivity contribution in [3.63, 3.8) is 0 Å². The van der Waals surface area contributed by atoms with Gasteiger partial charge in [0.05, 0.1) is 6.61 Å². The molecule has 1 aromatic carbocycles. The van der Waals surface area contributed by atoms with Crippen LogP contribution in [0, 0.1) is 0 Å². The number of carbonyl (C=O) groups is 1. The van der Waals surface area contributed by atoms with Crippen molar-refractivity contribution in [2.75, 3.05) is 32.8 Å². The van der Waals surface area contributed by atoms with Gasteiger partial charge in [0.2, 0.25) is 11.8 Å². The van der Waals surface area contributed by atoms with E-state index in [-0.39, 0.29) is 5.91 Å². The van der Waals surface area contributed by atoms with Crippen LogP contribution in [0.5, 0.6) is 5.88 Å². The minimum Gasteiger partial charge on any atom is -0.477 e. The first-order chi connectivity index (χ1) is 12.7. The molecule has 1 fully saturated rings. The molecule has 0 bridgehead atoms. The monoisotopic (exact) mass is 351 g/mol. The number of carbonyl (C=O) groups excluding carboxylic acids is 1. The fourth-order valence-corrected chi connectivity index (χ4v) is 3.72. The predicted octanol–water partition coefficient (Wildman–Crippen LogP) is 2.74. The summed E-state index contributed by atoms with van der Waals surface area (Å²) in [6.07, 6.45) is 4.01. The maximum Gasteiger partial charge on any atom is 0.219 e. The zero-order valence-electron chi connectivity index (χ0n) is 15.3. The van der Waals surface area contributed by atoms with Crippen molar-refractivity contribution in [1.82, 2.24) is 14.8 Å². The molecule has 136 valence electrons. The Labute approximate surface area is 154 Å². The number of pyridine rings is 1. The number of benzene rings is 1. The number of fused-ring (bicyclic) bond motifs is 1. The van der Waals surface area contributed by atoms with Gasteiger partial charge in [-0.15, -0.1) is 0 Å². The number of piperazine rings is 1. The van der Waals surface area contributed by atoms with E-state index in [4.69, 9.17) is 4.74 Å². The topological polar surface area (TPSA) is 45.7 Å². The van der Waals surface area contributed by atoms with Gasteiger partial charge < -0.3 is 9.64 Å². The van der Waals surface area contributed by atoms with Gasteiger partial charge in [0.25, 0.3) is 0 Å². The molecule has 0 N–H and O–H groups in total. The van der Waals surface area contributed by atoms with E-state index < -0.39 is 0 Å². The highest BCUT2D eigenvalue weighted by Gasteiger charge is 2.18. The van der Waals surface area contributed by atoms with Gasteiger partial charge in [-0.3, -0.25) is 9.69 Å². The quantitative estimate of drug-likeness (QED) is 0.853. The van der Waals surface area contributed by atoms with Crippen LogP contribution in [-0.4, -0.2) is 53.5 Å². The Bertz CT molecular complexity index is 798. The molecule has 0 aliphatic carbocycles. The van der Waals surface area contributed by atoms with E-state index in [9.17, 15) is 4.79 Å². The van der Waals surface area contributed by atoms with Crippen molar-refractivity contribution in [2.45, 2.75) is 26.3 Å². The lowest BCUT2D eigenvalue weighted by atomic mass is 10.0. The van der Waals surface area contributed by atoms with E-state index in [1.165, 1.54) is 16.7 Å². The smallest absolute Gasteiger partial charge is 0.219 e. The van der Waals surface area contributed by atoms with E-state index in [0.29, 0.717) is 0 Å². The molecule has 4 rings (SSSR count). The summed E-state index contributed by atoms with van der Waals surface area (Å²) in [5.41, 5.74) is 4.86. The molecule has 0 saturated carbocycles. The fraction of sp³-hybridized carbons (Fsp3) is 0.429. The van der Waals surface area contributed by atoms with Crippen LogP contribution < -0.4 is 4.74 Å². The molecule has 2 aliphatic rings. The number of hydrogen-bond donors (Lipinski definition) is 0. The molecule has 0 spiro atoms. The third kappa shape index (κ3) is 3.73. The predicted molar refractivity (Wildman–Crippen MR) is 101 cm³/mol. The third-order valence-electron chi connectivity index (χ3n) is 5.24. The van der Waals surface area contributed by atoms with E-state index in [2.05, 4.69) is 40.2 Å². The normalized spacial score (nSPS) is 17.5. The first-order valence-corrected chi connectivity index (χ1v) is 9.38. The van der Waals surface area contributed by atoms with Gasteiger partial charge in [-0.1, -0.05) is 18.2 Å². The lowest BCUT2D eigenvalue weighted by Crippen LogP contribution is -2.47. The molecule has 26 heavy (non-hydrogen) atoms. The summed E-state index contributed by atoms with van der Waals surface area (Å²) in [5.74, 6) is 0.968. The van der Waals surface area contributed by atoms with Crippen molar-refractivity contribution < 1.29 is 9.53 Å². The number of rotatable bonds is 3. The Balaban J connectivity index is 1.46. The molecule has 5 heteroatoms. The van der Waals surface area contributed by atoms with E-state index in [1.54, 1.807) is 6.92 Å².